The van der Waals surface area contributed by atoms with Crippen molar-refractivity contribution in [1.29, 1.82) is 0 Å². The lowest BCUT2D eigenvalue weighted by Crippen LogP contribution is -2.52. The predicted molar refractivity (Wildman–Crippen MR) is 74.1 cm³/mol. The Morgan fingerprint density at radius 3 is 2.89 bits per heavy atom. The van der Waals surface area contributed by atoms with Crippen molar-refractivity contribution in [3.8, 4) is 0 Å². The van der Waals surface area contributed by atoms with Gasteiger partial charge in [-0.05, 0) is 25.1 Å². The molecule has 0 aliphatic carbocycles. The minimum absolute atomic E-state index is 0.132. The fourth-order valence-electron chi connectivity index (χ4n) is 2.23. The number of nitrogens with zero attached hydrogens (tertiary/aromatic N) is 2. The van der Waals surface area contributed by atoms with Crippen LogP contribution in [-0.4, -0.2) is 50.6 Å². The van der Waals surface area contributed by atoms with E-state index < -0.39 is 0 Å². The molecule has 1 heterocycles. The van der Waals surface area contributed by atoms with E-state index in [1.807, 2.05) is 48.2 Å². The van der Waals surface area contributed by atoms with Crippen molar-refractivity contribution in [2.75, 3.05) is 38.6 Å². The second-order valence-corrected chi connectivity index (χ2v) is 5.00. The lowest BCUT2D eigenvalue weighted by atomic mass is 10.1. The summed E-state index contributed by atoms with van der Waals surface area (Å²) in [5, 5.41) is 3.30. The third kappa shape index (κ3) is 2.64. The molecule has 1 atom stereocenters. The second kappa shape index (κ2) is 5.40. The SMILES string of the molecule is C[C@H]1CNCCN1C(=O)c1cccc(N(C)C)c1. The molecular formula is C14H21N3O. The van der Waals surface area contributed by atoms with Crippen LogP contribution in [0.25, 0.3) is 0 Å². The van der Waals surface area contributed by atoms with Crippen molar-refractivity contribution in [2.24, 2.45) is 0 Å². The molecule has 1 amide bonds. The number of piperazine rings is 1. The van der Waals surface area contributed by atoms with Crippen molar-refractivity contribution >= 4 is 11.6 Å². The summed E-state index contributed by atoms with van der Waals surface area (Å²) in [7, 11) is 3.97. The van der Waals surface area contributed by atoms with E-state index in [2.05, 4.69) is 12.2 Å². The number of hydrogen-bond acceptors (Lipinski definition) is 3. The molecule has 1 aromatic carbocycles. The van der Waals surface area contributed by atoms with Crippen molar-refractivity contribution in [2.45, 2.75) is 13.0 Å². The molecule has 1 fully saturated rings. The Labute approximate surface area is 109 Å². The monoisotopic (exact) mass is 247 g/mol. The Morgan fingerprint density at radius 1 is 1.44 bits per heavy atom. The summed E-state index contributed by atoms with van der Waals surface area (Å²) in [5.41, 5.74) is 1.83. The number of carbonyl (C=O) groups is 1. The second-order valence-electron chi connectivity index (χ2n) is 5.00. The Bertz CT molecular complexity index is 431. The van der Waals surface area contributed by atoms with Crippen LogP contribution in [0.4, 0.5) is 5.69 Å². The molecule has 2 rings (SSSR count). The Kier molecular flexibility index (Phi) is 3.87. The van der Waals surface area contributed by atoms with E-state index in [1.54, 1.807) is 0 Å². The average molecular weight is 247 g/mol. The largest absolute Gasteiger partial charge is 0.378 e. The number of rotatable bonds is 2. The highest BCUT2D eigenvalue weighted by atomic mass is 16.2. The molecule has 1 aromatic rings. The van der Waals surface area contributed by atoms with Crippen LogP contribution in [0.15, 0.2) is 24.3 Å². The summed E-state index contributed by atoms with van der Waals surface area (Å²) < 4.78 is 0. The van der Waals surface area contributed by atoms with Gasteiger partial charge in [-0.25, -0.2) is 0 Å². The third-order valence-corrected chi connectivity index (χ3v) is 3.37. The number of benzene rings is 1. The minimum atomic E-state index is 0.132. The number of carbonyl (C=O) groups excluding carboxylic acids is 1. The van der Waals surface area contributed by atoms with Crippen LogP contribution < -0.4 is 10.2 Å². The van der Waals surface area contributed by atoms with Gasteiger partial charge in [0.15, 0.2) is 0 Å². The summed E-state index contributed by atoms with van der Waals surface area (Å²) in [4.78, 5) is 16.4. The summed E-state index contributed by atoms with van der Waals surface area (Å²) in [6, 6.07) is 8.06. The molecular weight excluding hydrogens is 226 g/mol. The summed E-state index contributed by atoms with van der Waals surface area (Å²) in [6.07, 6.45) is 0. The standard InChI is InChI=1S/C14H21N3O/c1-11-10-15-7-8-17(11)14(18)12-5-4-6-13(9-12)16(2)3/h4-6,9,11,15H,7-8,10H2,1-3H3/t11-/m0/s1. The average Bonchev–Trinajstić information content (AvgIpc) is 2.38. The van der Waals surface area contributed by atoms with E-state index in [4.69, 9.17) is 0 Å². The predicted octanol–water partition coefficient (Wildman–Crippen LogP) is 1.19. The molecule has 4 heteroatoms. The summed E-state index contributed by atoms with van der Waals surface area (Å²) in [6.45, 7) is 4.62. The van der Waals surface area contributed by atoms with Crippen LogP contribution in [0.2, 0.25) is 0 Å². The zero-order valence-electron chi connectivity index (χ0n) is 11.3. The van der Waals surface area contributed by atoms with Crippen molar-refractivity contribution < 1.29 is 4.79 Å². The van der Waals surface area contributed by atoms with Gasteiger partial charge in [0.2, 0.25) is 0 Å². The first-order valence-electron chi connectivity index (χ1n) is 6.38. The van der Waals surface area contributed by atoms with Gasteiger partial charge in [-0.3, -0.25) is 4.79 Å². The number of nitrogens with one attached hydrogen (secondary N) is 1. The number of amides is 1. The molecule has 1 aliphatic rings. The van der Waals surface area contributed by atoms with Gasteiger partial charge in [0.1, 0.15) is 0 Å². The Hall–Kier alpha value is -1.55. The van der Waals surface area contributed by atoms with Gasteiger partial charge in [-0.15, -0.1) is 0 Å². The number of anilines is 1. The highest BCUT2D eigenvalue weighted by molar-refractivity contribution is 5.95. The minimum Gasteiger partial charge on any atom is -0.378 e. The maximum absolute atomic E-state index is 12.5. The topological polar surface area (TPSA) is 35.6 Å². The molecule has 0 radical (unpaired) electrons. The van der Waals surface area contributed by atoms with Crippen LogP contribution in [0.3, 0.4) is 0 Å². The Morgan fingerprint density at radius 2 is 2.22 bits per heavy atom. The molecule has 0 bridgehead atoms. The van der Waals surface area contributed by atoms with E-state index in [-0.39, 0.29) is 11.9 Å². The smallest absolute Gasteiger partial charge is 0.254 e. The maximum Gasteiger partial charge on any atom is 0.254 e. The zero-order valence-corrected chi connectivity index (χ0v) is 11.3. The van der Waals surface area contributed by atoms with E-state index in [9.17, 15) is 4.79 Å². The molecule has 18 heavy (non-hydrogen) atoms. The summed E-state index contributed by atoms with van der Waals surface area (Å²) >= 11 is 0. The van der Waals surface area contributed by atoms with Gasteiger partial charge in [-0.1, -0.05) is 6.07 Å². The Balaban J connectivity index is 2.19. The van der Waals surface area contributed by atoms with Crippen LogP contribution in [0, 0.1) is 0 Å². The van der Waals surface area contributed by atoms with E-state index in [1.165, 1.54) is 0 Å². The molecule has 4 nitrogen and oxygen atoms in total. The van der Waals surface area contributed by atoms with Crippen LogP contribution in [0.5, 0.6) is 0 Å². The molecule has 1 saturated heterocycles. The van der Waals surface area contributed by atoms with E-state index in [0.717, 1.165) is 30.9 Å². The van der Waals surface area contributed by atoms with Gasteiger partial charge in [0.25, 0.3) is 5.91 Å². The van der Waals surface area contributed by atoms with E-state index in [0.29, 0.717) is 0 Å². The quantitative estimate of drug-likeness (QED) is 0.852. The van der Waals surface area contributed by atoms with Crippen LogP contribution in [-0.2, 0) is 0 Å². The third-order valence-electron chi connectivity index (χ3n) is 3.37. The lowest BCUT2D eigenvalue weighted by Gasteiger charge is -2.34. The highest BCUT2D eigenvalue weighted by Crippen LogP contribution is 2.16. The fourth-order valence-corrected chi connectivity index (χ4v) is 2.23. The van der Waals surface area contributed by atoms with Crippen molar-refractivity contribution in [3.63, 3.8) is 0 Å². The molecule has 0 saturated carbocycles. The lowest BCUT2D eigenvalue weighted by molar-refractivity contribution is 0.0656. The molecule has 98 valence electrons. The molecule has 0 unspecified atom stereocenters. The highest BCUT2D eigenvalue weighted by Gasteiger charge is 2.24. The normalized spacial score (nSPS) is 19.7. The number of hydrogen-bond donors (Lipinski definition) is 1. The van der Waals surface area contributed by atoms with Gasteiger partial charge < -0.3 is 15.1 Å². The van der Waals surface area contributed by atoms with Gasteiger partial charge >= 0.3 is 0 Å². The van der Waals surface area contributed by atoms with Gasteiger partial charge in [-0.2, -0.15) is 0 Å². The first-order chi connectivity index (χ1) is 8.59. The molecule has 1 N–H and O–H groups in total. The molecule has 0 spiro atoms. The van der Waals surface area contributed by atoms with Gasteiger partial charge in [0.05, 0.1) is 0 Å². The van der Waals surface area contributed by atoms with Crippen molar-refractivity contribution in [1.82, 2.24) is 10.2 Å². The fraction of sp³-hybridized carbons (Fsp3) is 0.500. The maximum atomic E-state index is 12.5. The molecule has 0 aromatic heterocycles. The first kappa shape index (κ1) is 12.9. The van der Waals surface area contributed by atoms with Crippen LogP contribution in [0.1, 0.15) is 17.3 Å². The molecule has 1 aliphatic heterocycles. The van der Waals surface area contributed by atoms with Gasteiger partial charge in [0, 0.05) is 51.0 Å². The van der Waals surface area contributed by atoms with Crippen molar-refractivity contribution in [3.05, 3.63) is 29.8 Å². The van der Waals surface area contributed by atoms with Crippen LogP contribution >= 0.6 is 0 Å². The summed E-state index contributed by atoms with van der Waals surface area (Å²) in [5.74, 6) is 0.132. The first-order valence-corrected chi connectivity index (χ1v) is 6.38. The zero-order chi connectivity index (χ0) is 13.1. The van der Waals surface area contributed by atoms with E-state index >= 15 is 0 Å².